The zero-order valence-corrected chi connectivity index (χ0v) is 21.2. The molecule has 0 spiro atoms. The molecular formula is C24H25BrN2O5S. The molecule has 0 aromatic heterocycles. The molecule has 1 N–H and O–H groups in total. The number of halogens is 1. The van der Waals surface area contributed by atoms with Gasteiger partial charge in [0, 0.05) is 6.04 Å². The van der Waals surface area contributed by atoms with E-state index in [9.17, 15) is 9.59 Å². The van der Waals surface area contributed by atoms with Gasteiger partial charge in [-0.25, -0.2) is 9.79 Å². The minimum Gasteiger partial charge on any atom is -0.493 e. The summed E-state index contributed by atoms with van der Waals surface area (Å²) in [6.45, 7) is 5.56. The predicted octanol–water partition coefficient (Wildman–Crippen LogP) is 5.63. The summed E-state index contributed by atoms with van der Waals surface area (Å²) in [7, 11) is 1.47. The van der Waals surface area contributed by atoms with E-state index in [1.165, 1.54) is 18.9 Å². The molecule has 3 rings (SSSR count). The van der Waals surface area contributed by atoms with E-state index in [0.29, 0.717) is 25.9 Å². The van der Waals surface area contributed by atoms with Crippen LogP contribution in [0.15, 0.2) is 50.8 Å². The lowest BCUT2D eigenvalue weighted by Gasteiger charge is -2.22. The molecule has 1 fully saturated rings. The van der Waals surface area contributed by atoms with E-state index in [2.05, 4.69) is 15.9 Å². The molecule has 7 nitrogen and oxygen atoms in total. The molecule has 174 valence electrons. The van der Waals surface area contributed by atoms with Crippen molar-refractivity contribution in [2.75, 3.05) is 13.7 Å². The molecule has 9 heteroatoms. The first-order valence-electron chi connectivity index (χ1n) is 10.3. The highest BCUT2D eigenvalue weighted by Gasteiger charge is 2.36. The second-order valence-electron chi connectivity index (χ2n) is 7.49. The third kappa shape index (κ3) is 5.97. The number of methoxy groups -OCH3 is 1. The number of nitrogens with zero attached hydrogens (tertiary/aromatic N) is 2. The van der Waals surface area contributed by atoms with Gasteiger partial charge < -0.3 is 14.6 Å². The van der Waals surface area contributed by atoms with Crippen molar-refractivity contribution in [1.82, 2.24) is 4.90 Å². The van der Waals surface area contributed by atoms with Gasteiger partial charge in [0.25, 0.3) is 5.91 Å². The van der Waals surface area contributed by atoms with Crippen LogP contribution >= 0.6 is 27.7 Å². The van der Waals surface area contributed by atoms with Crippen LogP contribution in [0.4, 0.5) is 5.69 Å². The van der Waals surface area contributed by atoms with E-state index in [-0.39, 0.29) is 17.7 Å². The van der Waals surface area contributed by atoms with Gasteiger partial charge in [0.1, 0.15) is 0 Å². The highest BCUT2D eigenvalue weighted by Crippen LogP contribution is 2.40. The largest absolute Gasteiger partial charge is 0.493 e. The number of benzene rings is 2. The molecular weight excluding hydrogens is 508 g/mol. The lowest BCUT2D eigenvalue weighted by atomic mass is 10.1. The molecule has 1 atom stereocenters. The van der Waals surface area contributed by atoms with Gasteiger partial charge in [-0.15, -0.1) is 0 Å². The number of aliphatic carboxylic acids is 1. The van der Waals surface area contributed by atoms with Crippen molar-refractivity contribution >= 4 is 56.5 Å². The number of rotatable bonds is 8. The first kappa shape index (κ1) is 24.9. The van der Waals surface area contributed by atoms with Crippen LogP contribution < -0.4 is 9.47 Å². The zero-order chi connectivity index (χ0) is 24.1. The SMILES string of the molecule is CC[C@@H](C)N1C(=O)/C(=C\c2cc(Br)c(OCC(=O)O)c(OC)c2)SC1=Nc1ccc(C)cc1. The van der Waals surface area contributed by atoms with E-state index in [0.717, 1.165) is 17.7 Å². The topological polar surface area (TPSA) is 88.4 Å². The molecule has 0 radical (unpaired) electrons. The van der Waals surface area contributed by atoms with Crippen molar-refractivity contribution in [3.63, 3.8) is 0 Å². The van der Waals surface area contributed by atoms with Crippen LogP contribution in [0, 0.1) is 6.92 Å². The molecule has 1 amide bonds. The van der Waals surface area contributed by atoms with Crippen LogP contribution in [-0.4, -0.2) is 46.8 Å². The summed E-state index contributed by atoms with van der Waals surface area (Å²) in [6.07, 6.45) is 2.57. The van der Waals surface area contributed by atoms with Gasteiger partial charge in [0.15, 0.2) is 23.3 Å². The van der Waals surface area contributed by atoms with Crippen LogP contribution in [0.25, 0.3) is 6.08 Å². The fourth-order valence-electron chi connectivity index (χ4n) is 3.11. The highest BCUT2D eigenvalue weighted by atomic mass is 79.9. The number of aryl methyl sites for hydroxylation is 1. The quantitative estimate of drug-likeness (QED) is 0.443. The Kier molecular flexibility index (Phi) is 8.20. The summed E-state index contributed by atoms with van der Waals surface area (Å²) in [4.78, 5) is 31.1. The Morgan fingerprint density at radius 3 is 2.61 bits per heavy atom. The van der Waals surface area contributed by atoms with Gasteiger partial charge in [0.2, 0.25) is 0 Å². The Morgan fingerprint density at radius 1 is 1.30 bits per heavy atom. The Balaban J connectivity index is 1.97. The molecule has 1 saturated heterocycles. The third-order valence-electron chi connectivity index (χ3n) is 5.02. The molecule has 1 heterocycles. The van der Waals surface area contributed by atoms with E-state index in [1.807, 2.05) is 45.0 Å². The summed E-state index contributed by atoms with van der Waals surface area (Å²) in [5.41, 5.74) is 2.64. The van der Waals surface area contributed by atoms with Crippen molar-refractivity contribution in [3.05, 3.63) is 56.9 Å². The number of carboxylic acid groups (broad SMARTS) is 1. The number of ether oxygens (including phenoxy) is 2. The smallest absolute Gasteiger partial charge is 0.341 e. The number of hydrogen-bond acceptors (Lipinski definition) is 6. The Hall–Kier alpha value is -2.78. The van der Waals surface area contributed by atoms with Crippen LogP contribution in [0.1, 0.15) is 31.4 Å². The molecule has 0 bridgehead atoms. The fourth-order valence-corrected chi connectivity index (χ4v) is 4.78. The molecule has 0 saturated carbocycles. The van der Waals surface area contributed by atoms with Gasteiger partial charge in [-0.3, -0.25) is 9.69 Å². The number of carbonyl (C=O) groups is 2. The van der Waals surface area contributed by atoms with Crippen molar-refractivity contribution < 1.29 is 24.2 Å². The van der Waals surface area contributed by atoms with E-state index in [1.54, 1.807) is 23.1 Å². The van der Waals surface area contributed by atoms with Crippen LogP contribution in [0.5, 0.6) is 11.5 Å². The number of thioether (sulfide) groups is 1. The maximum Gasteiger partial charge on any atom is 0.341 e. The average molecular weight is 533 g/mol. The summed E-state index contributed by atoms with van der Waals surface area (Å²) >= 11 is 4.73. The van der Waals surface area contributed by atoms with E-state index >= 15 is 0 Å². The van der Waals surface area contributed by atoms with E-state index in [4.69, 9.17) is 19.6 Å². The maximum atomic E-state index is 13.3. The normalized spacial score (nSPS) is 17.0. The number of amides is 1. The lowest BCUT2D eigenvalue weighted by molar-refractivity contribution is -0.139. The van der Waals surface area contributed by atoms with Crippen molar-refractivity contribution in [3.8, 4) is 11.5 Å². The maximum absolute atomic E-state index is 13.3. The van der Waals surface area contributed by atoms with Crippen LogP contribution in [-0.2, 0) is 9.59 Å². The molecule has 33 heavy (non-hydrogen) atoms. The van der Waals surface area contributed by atoms with Gasteiger partial charge in [-0.2, -0.15) is 0 Å². The van der Waals surface area contributed by atoms with Gasteiger partial charge in [-0.05, 0) is 83.9 Å². The summed E-state index contributed by atoms with van der Waals surface area (Å²) in [5.74, 6) is -0.550. The summed E-state index contributed by atoms with van der Waals surface area (Å²) in [5, 5.41) is 9.53. The molecule has 2 aromatic carbocycles. The second kappa shape index (κ2) is 10.9. The first-order valence-corrected chi connectivity index (χ1v) is 11.9. The van der Waals surface area contributed by atoms with Crippen molar-refractivity contribution in [1.29, 1.82) is 0 Å². The van der Waals surface area contributed by atoms with Gasteiger partial charge in [-0.1, -0.05) is 24.6 Å². The van der Waals surface area contributed by atoms with Crippen LogP contribution in [0.3, 0.4) is 0 Å². The summed E-state index contributed by atoms with van der Waals surface area (Å²) < 4.78 is 11.2. The van der Waals surface area contributed by atoms with Crippen LogP contribution in [0.2, 0.25) is 0 Å². The Morgan fingerprint density at radius 2 is 2.00 bits per heavy atom. The highest BCUT2D eigenvalue weighted by molar-refractivity contribution is 9.10. The molecule has 2 aromatic rings. The Labute approximate surface area is 205 Å². The molecule has 0 aliphatic carbocycles. The minimum atomic E-state index is -1.09. The van der Waals surface area contributed by atoms with Crippen molar-refractivity contribution in [2.45, 2.75) is 33.2 Å². The number of carbonyl (C=O) groups excluding carboxylic acids is 1. The standard InChI is InChI=1S/C24H25BrN2O5S/c1-5-15(3)27-23(30)20(33-24(27)26-17-8-6-14(2)7-9-17)12-16-10-18(25)22(19(11-16)31-4)32-13-21(28)29/h6-12,15H,5,13H2,1-4H3,(H,28,29)/b20-12+,26-24?/t15-/m1/s1. The van der Waals surface area contributed by atoms with Gasteiger partial charge in [0.05, 0.1) is 22.2 Å². The van der Waals surface area contributed by atoms with E-state index < -0.39 is 12.6 Å². The minimum absolute atomic E-state index is 0.00633. The second-order valence-corrected chi connectivity index (χ2v) is 9.35. The number of carboxylic acids is 1. The molecule has 0 unspecified atom stereocenters. The van der Waals surface area contributed by atoms with Gasteiger partial charge >= 0.3 is 5.97 Å². The lowest BCUT2D eigenvalue weighted by Crippen LogP contribution is -2.36. The fraction of sp³-hybridized carbons (Fsp3) is 0.292. The zero-order valence-electron chi connectivity index (χ0n) is 18.8. The monoisotopic (exact) mass is 532 g/mol. The predicted molar refractivity (Wildman–Crippen MR) is 134 cm³/mol. The summed E-state index contributed by atoms with van der Waals surface area (Å²) in [6, 6.07) is 11.3. The first-order chi connectivity index (χ1) is 15.7. The number of amidine groups is 1. The molecule has 1 aliphatic heterocycles. The Bertz CT molecular complexity index is 1110. The van der Waals surface area contributed by atoms with Crippen molar-refractivity contribution in [2.24, 2.45) is 4.99 Å². The molecule has 1 aliphatic rings. The number of hydrogen-bond donors (Lipinski definition) is 1. The average Bonchev–Trinajstić information content (AvgIpc) is 3.08. The number of aliphatic imine (C=N–C) groups is 1. The third-order valence-corrected chi connectivity index (χ3v) is 6.59.